The van der Waals surface area contributed by atoms with Crippen LogP contribution in [0, 0.1) is 11.0 Å². The normalized spacial score (nSPS) is 18.4. The maximum Gasteiger partial charge on any atom is 0.410 e. The van der Waals surface area contributed by atoms with Crippen LogP contribution < -0.4 is 4.73 Å². The van der Waals surface area contributed by atoms with Crippen molar-refractivity contribution in [2.24, 2.45) is 0 Å². The Morgan fingerprint density at radius 1 is 1.17 bits per heavy atom. The number of pyridine rings is 1. The molecule has 1 saturated heterocycles. The van der Waals surface area contributed by atoms with Gasteiger partial charge in [-0.3, -0.25) is 4.90 Å². The molecule has 1 aliphatic heterocycles. The molecule has 154 valence electrons. The number of aromatic nitrogens is 1. The van der Waals surface area contributed by atoms with Crippen molar-refractivity contribution in [3.8, 4) is 11.3 Å². The van der Waals surface area contributed by atoms with Gasteiger partial charge in [0.2, 0.25) is 5.69 Å². The Morgan fingerprint density at radius 2 is 1.90 bits per heavy atom. The summed E-state index contributed by atoms with van der Waals surface area (Å²) in [5, 5.41) is 12.4. The zero-order chi connectivity index (χ0) is 21.1. The SMILES string of the molecule is CC1(c2cc[n+]([O-])c(-c3ccc(F)cc3)c2)CCCN1C(=O)OCc1ccccc1. The minimum absolute atomic E-state index is 0.211. The first-order valence-electron chi connectivity index (χ1n) is 9.95. The number of amides is 1. The quantitative estimate of drug-likeness (QED) is 0.463. The summed E-state index contributed by atoms with van der Waals surface area (Å²) in [5.74, 6) is -0.359. The standard InChI is InChI=1S/C24H23FN2O3/c1-24(13-5-14-26(24)23(28)30-17-18-6-3-2-4-7-18)20-12-15-27(29)22(16-20)19-8-10-21(25)11-9-19/h2-4,6-12,15-16H,5,13-14,17H2,1H3. The average Bonchev–Trinajstić information content (AvgIpc) is 3.16. The Bertz CT molecular complexity index is 1040. The minimum atomic E-state index is -0.586. The van der Waals surface area contributed by atoms with Gasteiger partial charge in [-0.1, -0.05) is 30.3 Å². The number of benzene rings is 2. The summed E-state index contributed by atoms with van der Waals surface area (Å²) in [7, 11) is 0. The summed E-state index contributed by atoms with van der Waals surface area (Å²) in [5.41, 5.74) is 2.23. The van der Waals surface area contributed by atoms with Crippen LogP contribution in [0.4, 0.5) is 9.18 Å². The molecular weight excluding hydrogens is 383 g/mol. The lowest BCUT2D eigenvalue weighted by Crippen LogP contribution is -2.43. The largest absolute Gasteiger partial charge is 0.618 e. The van der Waals surface area contributed by atoms with E-state index in [2.05, 4.69) is 0 Å². The first-order chi connectivity index (χ1) is 14.5. The van der Waals surface area contributed by atoms with Gasteiger partial charge in [0, 0.05) is 24.2 Å². The van der Waals surface area contributed by atoms with Crippen molar-refractivity contribution in [1.29, 1.82) is 0 Å². The lowest BCUT2D eigenvalue weighted by atomic mass is 9.89. The van der Waals surface area contributed by atoms with Crippen molar-refractivity contribution in [1.82, 2.24) is 4.90 Å². The highest BCUT2D eigenvalue weighted by Gasteiger charge is 2.42. The maximum atomic E-state index is 13.3. The van der Waals surface area contributed by atoms with Gasteiger partial charge >= 0.3 is 6.09 Å². The van der Waals surface area contributed by atoms with Crippen molar-refractivity contribution in [3.05, 3.63) is 95.1 Å². The topological polar surface area (TPSA) is 56.5 Å². The van der Waals surface area contributed by atoms with Crippen LogP contribution in [0.3, 0.4) is 0 Å². The van der Waals surface area contributed by atoms with E-state index in [1.165, 1.54) is 18.3 Å². The smallest absolute Gasteiger partial charge is 0.410 e. The highest BCUT2D eigenvalue weighted by atomic mass is 19.1. The number of rotatable bonds is 4. The summed E-state index contributed by atoms with van der Waals surface area (Å²) in [6, 6.07) is 18.9. The van der Waals surface area contributed by atoms with Crippen LogP contribution in [0.2, 0.25) is 0 Å². The molecule has 0 saturated carbocycles. The summed E-state index contributed by atoms with van der Waals surface area (Å²) >= 11 is 0. The molecule has 1 amide bonds. The van der Waals surface area contributed by atoms with Crippen molar-refractivity contribution >= 4 is 6.09 Å². The Labute approximate surface area is 174 Å². The number of halogens is 1. The van der Waals surface area contributed by atoms with Gasteiger partial charge < -0.3 is 9.94 Å². The number of nitrogens with zero attached hydrogens (tertiary/aromatic N) is 2. The van der Waals surface area contributed by atoms with Crippen molar-refractivity contribution < 1.29 is 18.7 Å². The van der Waals surface area contributed by atoms with Gasteiger partial charge in [-0.05, 0) is 55.2 Å². The van der Waals surface area contributed by atoms with Crippen LogP contribution in [0.15, 0.2) is 72.9 Å². The number of hydrogen-bond donors (Lipinski definition) is 0. The van der Waals surface area contributed by atoms with Crippen LogP contribution >= 0.6 is 0 Å². The van der Waals surface area contributed by atoms with Gasteiger partial charge in [0.15, 0.2) is 6.20 Å². The van der Waals surface area contributed by atoms with E-state index in [0.717, 1.165) is 28.7 Å². The fraction of sp³-hybridized carbons (Fsp3) is 0.250. The second kappa shape index (κ2) is 8.14. The van der Waals surface area contributed by atoms with E-state index < -0.39 is 5.54 Å². The summed E-state index contributed by atoms with van der Waals surface area (Å²) in [6.45, 7) is 2.79. The first-order valence-corrected chi connectivity index (χ1v) is 9.95. The van der Waals surface area contributed by atoms with E-state index in [9.17, 15) is 14.4 Å². The molecule has 3 aromatic rings. The highest BCUT2D eigenvalue weighted by Crippen LogP contribution is 2.39. The van der Waals surface area contributed by atoms with Crippen LogP contribution in [-0.2, 0) is 16.9 Å². The predicted molar refractivity (Wildman–Crippen MR) is 111 cm³/mol. The molecular formula is C24H23FN2O3. The zero-order valence-corrected chi connectivity index (χ0v) is 16.8. The number of likely N-dealkylation sites (tertiary alicyclic amines) is 1. The Kier molecular flexibility index (Phi) is 5.40. The predicted octanol–water partition coefficient (Wildman–Crippen LogP) is 4.77. The number of hydrogen-bond acceptors (Lipinski definition) is 3. The van der Waals surface area contributed by atoms with E-state index in [0.29, 0.717) is 17.8 Å². The van der Waals surface area contributed by atoms with Crippen molar-refractivity contribution in [3.63, 3.8) is 0 Å². The third kappa shape index (κ3) is 3.85. The van der Waals surface area contributed by atoms with E-state index in [4.69, 9.17) is 4.74 Å². The molecule has 30 heavy (non-hydrogen) atoms. The van der Waals surface area contributed by atoms with E-state index in [1.54, 1.807) is 29.2 Å². The van der Waals surface area contributed by atoms with E-state index in [1.807, 2.05) is 37.3 Å². The fourth-order valence-electron chi connectivity index (χ4n) is 4.01. The molecule has 5 nitrogen and oxygen atoms in total. The first kappa shape index (κ1) is 19.9. The molecule has 0 spiro atoms. The van der Waals surface area contributed by atoms with Crippen LogP contribution in [0.25, 0.3) is 11.3 Å². The van der Waals surface area contributed by atoms with Gasteiger partial charge in [0.1, 0.15) is 12.4 Å². The molecule has 2 heterocycles. The van der Waals surface area contributed by atoms with Gasteiger partial charge in [-0.2, -0.15) is 4.73 Å². The molecule has 1 aliphatic rings. The average molecular weight is 406 g/mol. The highest BCUT2D eigenvalue weighted by molar-refractivity contribution is 5.70. The lowest BCUT2D eigenvalue weighted by molar-refractivity contribution is -0.593. The third-order valence-electron chi connectivity index (χ3n) is 5.75. The van der Waals surface area contributed by atoms with Gasteiger partial charge in [-0.25, -0.2) is 9.18 Å². The third-order valence-corrected chi connectivity index (χ3v) is 5.75. The Hall–Kier alpha value is -3.41. The van der Waals surface area contributed by atoms with Gasteiger partial charge in [0.05, 0.1) is 5.54 Å². The summed E-state index contributed by atoms with van der Waals surface area (Å²) in [4.78, 5) is 14.6. The fourth-order valence-corrected chi connectivity index (χ4v) is 4.01. The molecule has 1 fully saturated rings. The second-order valence-corrected chi connectivity index (χ2v) is 7.70. The van der Waals surface area contributed by atoms with Crippen LogP contribution in [0.5, 0.6) is 0 Å². The van der Waals surface area contributed by atoms with Gasteiger partial charge in [0.25, 0.3) is 0 Å². The minimum Gasteiger partial charge on any atom is -0.618 e. The molecule has 1 aromatic heterocycles. The summed E-state index contributed by atoms with van der Waals surface area (Å²) < 4.78 is 19.6. The van der Waals surface area contributed by atoms with E-state index >= 15 is 0 Å². The maximum absolute atomic E-state index is 13.3. The molecule has 0 aliphatic carbocycles. The second-order valence-electron chi connectivity index (χ2n) is 7.70. The van der Waals surface area contributed by atoms with Crippen molar-refractivity contribution in [2.75, 3.05) is 6.54 Å². The van der Waals surface area contributed by atoms with Crippen LogP contribution in [-0.4, -0.2) is 17.5 Å². The van der Waals surface area contributed by atoms with E-state index in [-0.39, 0.29) is 18.5 Å². The zero-order valence-electron chi connectivity index (χ0n) is 16.8. The molecule has 1 atom stereocenters. The Balaban J connectivity index is 1.59. The number of carbonyl (C=O) groups excluding carboxylic acids is 1. The Morgan fingerprint density at radius 3 is 2.63 bits per heavy atom. The molecule has 0 bridgehead atoms. The molecule has 4 rings (SSSR count). The van der Waals surface area contributed by atoms with Gasteiger partial charge in [-0.15, -0.1) is 0 Å². The molecule has 1 unspecified atom stereocenters. The monoisotopic (exact) mass is 406 g/mol. The van der Waals surface area contributed by atoms with Crippen molar-refractivity contribution in [2.45, 2.75) is 31.9 Å². The number of carbonyl (C=O) groups is 1. The molecule has 2 aromatic carbocycles. The molecule has 0 N–H and O–H groups in total. The summed E-state index contributed by atoms with van der Waals surface area (Å²) in [6.07, 6.45) is 2.67. The number of ether oxygens (including phenoxy) is 1. The lowest BCUT2D eigenvalue weighted by Gasteiger charge is -2.35. The molecule has 6 heteroatoms. The van der Waals surface area contributed by atoms with Crippen LogP contribution in [0.1, 0.15) is 30.9 Å². The molecule has 0 radical (unpaired) electrons.